The van der Waals surface area contributed by atoms with E-state index in [2.05, 4.69) is 34.7 Å². The molecule has 1 aromatic carbocycles. The second-order valence-electron chi connectivity index (χ2n) is 6.07. The summed E-state index contributed by atoms with van der Waals surface area (Å²) in [4.78, 5) is 2.41. The highest BCUT2D eigenvalue weighted by Crippen LogP contribution is 2.35. The highest BCUT2D eigenvalue weighted by Gasteiger charge is 2.34. The Kier molecular flexibility index (Phi) is 5.58. The molecule has 0 spiro atoms. The van der Waals surface area contributed by atoms with E-state index in [0.717, 1.165) is 23.0 Å². The number of rotatable bonds is 7. The first kappa shape index (κ1) is 15.9. The smallest absolute Gasteiger partial charge is 0.129 e. The van der Waals surface area contributed by atoms with Crippen molar-refractivity contribution in [1.29, 1.82) is 0 Å². The van der Waals surface area contributed by atoms with E-state index in [9.17, 15) is 4.39 Å². The van der Waals surface area contributed by atoms with E-state index >= 15 is 0 Å². The molecular weight excluding hydrogens is 319 g/mol. The molecule has 0 bridgehead atoms. The van der Waals surface area contributed by atoms with Gasteiger partial charge in [-0.3, -0.25) is 4.90 Å². The lowest BCUT2D eigenvalue weighted by molar-refractivity contribution is 0.177. The molecule has 1 aromatic rings. The average Bonchev–Trinajstić information content (AvgIpc) is 3.19. The summed E-state index contributed by atoms with van der Waals surface area (Å²) >= 11 is 3.31. The SMILES string of the molecule is CC(C)CCN(C1CC1)C(CN)c1ccc(Br)cc1F. The van der Waals surface area contributed by atoms with Crippen LogP contribution in [0.15, 0.2) is 22.7 Å². The van der Waals surface area contributed by atoms with Crippen LogP contribution in [-0.2, 0) is 0 Å². The Morgan fingerprint density at radius 1 is 1.40 bits per heavy atom. The predicted octanol–water partition coefficient (Wildman–Crippen LogP) is 4.10. The van der Waals surface area contributed by atoms with Crippen LogP contribution in [0.2, 0.25) is 0 Å². The van der Waals surface area contributed by atoms with Crippen LogP contribution in [0.5, 0.6) is 0 Å². The number of nitrogens with two attached hydrogens (primary N) is 1. The number of benzene rings is 1. The molecule has 20 heavy (non-hydrogen) atoms. The van der Waals surface area contributed by atoms with E-state index in [-0.39, 0.29) is 11.9 Å². The van der Waals surface area contributed by atoms with Crippen LogP contribution in [0.3, 0.4) is 0 Å². The molecule has 112 valence electrons. The Morgan fingerprint density at radius 2 is 2.10 bits per heavy atom. The molecule has 1 unspecified atom stereocenters. The molecule has 4 heteroatoms. The quantitative estimate of drug-likeness (QED) is 0.808. The van der Waals surface area contributed by atoms with Gasteiger partial charge in [-0.05, 0) is 43.9 Å². The minimum Gasteiger partial charge on any atom is -0.329 e. The van der Waals surface area contributed by atoms with Crippen LogP contribution in [-0.4, -0.2) is 24.0 Å². The second-order valence-corrected chi connectivity index (χ2v) is 6.98. The minimum absolute atomic E-state index is 0.00523. The van der Waals surface area contributed by atoms with Crippen molar-refractivity contribution >= 4 is 15.9 Å². The molecule has 2 N–H and O–H groups in total. The fourth-order valence-electron chi connectivity index (χ4n) is 2.62. The van der Waals surface area contributed by atoms with E-state index < -0.39 is 0 Å². The van der Waals surface area contributed by atoms with E-state index in [4.69, 9.17) is 5.73 Å². The lowest BCUT2D eigenvalue weighted by Gasteiger charge is -2.32. The maximum atomic E-state index is 14.2. The molecule has 0 aliphatic heterocycles. The summed E-state index contributed by atoms with van der Waals surface area (Å²) < 4.78 is 15.0. The van der Waals surface area contributed by atoms with Crippen molar-refractivity contribution in [2.24, 2.45) is 11.7 Å². The second kappa shape index (κ2) is 7.01. The van der Waals surface area contributed by atoms with E-state index in [1.807, 2.05) is 12.1 Å². The molecule has 0 radical (unpaired) electrons. The normalized spacial score (nSPS) is 16.9. The van der Waals surface area contributed by atoms with Crippen LogP contribution < -0.4 is 5.73 Å². The summed E-state index contributed by atoms with van der Waals surface area (Å²) in [6.07, 6.45) is 3.56. The third kappa shape index (κ3) is 4.03. The topological polar surface area (TPSA) is 29.3 Å². The van der Waals surface area contributed by atoms with Gasteiger partial charge in [0.2, 0.25) is 0 Å². The first-order valence-corrected chi connectivity index (χ1v) is 8.23. The van der Waals surface area contributed by atoms with Gasteiger partial charge in [-0.1, -0.05) is 35.8 Å². The third-order valence-corrected chi connectivity index (χ3v) is 4.42. The van der Waals surface area contributed by atoms with Gasteiger partial charge in [-0.15, -0.1) is 0 Å². The summed E-state index contributed by atoms with van der Waals surface area (Å²) in [5.41, 5.74) is 6.69. The summed E-state index contributed by atoms with van der Waals surface area (Å²) in [6, 6.07) is 5.88. The van der Waals surface area contributed by atoms with Crippen LogP contribution >= 0.6 is 15.9 Å². The highest BCUT2D eigenvalue weighted by atomic mass is 79.9. The lowest BCUT2D eigenvalue weighted by atomic mass is 10.0. The van der Waals surface area contributed by atoms with Crippen molar-refractivity contribution in [3.8, 4) is 0 Å². The Bertz CT molecular complexity index is 446. The molecule has 2 nitrogen and oxygen atoms in total. The number of hydrogen-bond acceptors (Lipinski definition) is 2. The zero-order valence-corrected chi connectivity index (χ0v) is 13.9. The number of hydrogen-bond donors (Lipinski definition) is 1. The van der Waals surface area contributed by atoms with Crippen LogP contribution in [0.1, 0.15) is 44.7 Å². The molecule has 1 fully saturated rings. The van der Waals surface area contributed by atoms with Gasteiger partial charge in [0.05, 0.1) is 6.04 Å². The van der Waals surface area contributed by atoms with E-state index in [1.54, 1.807) is 0 Å². The number of halogens is 2. The van der Waals surface area contributed by atoms with Gasteiger partial charge in [0.1, 0.15) is 5.82 Å². The monoisotopic (exact) mass is 342 g/mol. The molecule has 1 saturated carbocycles. The Hall–Kier alpha value is -0.450. The van der Waals surface area contributed by atoms with Gasteiger partial charge >= 0.3 is 0 Å². The van der Waals surface area contributed by atoms with Gasteiger partial charge in [0.25, 0.3) is 0 Å². The van der Waals surface area contributed by atoms with Gasteiger partial charge < -0.3 is 5.73 Å². The van der Waals surface area contributed by atoms with E-state index in [1.165, 1.54) is 18.9 Å². The maximum Gasteiger partial charge on any atom is 0.129 e. The summed E-state index contributed by atoms with van der Waals surface area (Å²) in [7, 11) is 0. The fraction of sp³-hybridized carbons (Fsp3) is 0.625. The highest BCUT2D eigenvalue weighted by molar-refractivity contribution is 9.10. The Labute approximate surface area is 129 Å². The van der Waals surface area contributed by atoms with Crippen LogP contribution in [0.25, 0.3) is 0 Å². The molecular formula is C16H24BrFN2. The first-order valence-electron chi connectivity index (χ1n) is 7.43. The van der Waals surface area contributed by atoms with Gasteiger partial charge in [0, 0.05) is 22.6 Å². The Morgan fingerprint density at radius 3 is 2.60 bits per heavy atom. The molecule has 1 aliphatic rings. The largest absolute Gasteiger partial charge is 0.329 e. The lowest BCUT2D eigenvalue weighted by Crippen LogP contribution is -2.37. The molecule has 1 atom stereocenters. The molecule has 0 amide bonds. The summed E-state index contributed by atoms with van der Waals surface area (Å²) in [6.45, 7) is 5.92. The van der Waals surface area contributed by atoms with Crippen molar-refractivity contribution in [3.63, 3.8) is 0 Å². The van der Waals surface area contributed by atoms with Crippen molar-refractivity contribution in [1.82, 2.24) is 4.90 Å². The van der Waals surface area contributed by atoms with Gasteiger partial charge in [0.15, 0.2) is 0 Å². The fourth-order valence-corrected chi connectivity index (χ4v) is 2.95. The van der Waals surface area contributed by atoms with Crippen molar-refractivity contribution < 1.29 is 4.39 Å². The molecule has 0 heterocycles. The molecule has 1 aliphatic carbocycles. The third-order valence-electron chi connectivity index (χ3n) is 3.93. The van der Waals surface area contributed by atoms with Gasteiger partial charge in [-0.2, -0.15) is 0 Å². The average molecular weight is 343 g/mol. The predicted molar refractivity (Wildman–Crippen MR) is 85.1 cm³/mol. The zero-order valence-electron chi connectivity index (χ0n) is 12.3. The van der Waals surface area contributed by atoms with Crippen molar-refractivity contribution in [2.45, 2.75) is 45.2 Å². The van der Waals surface area contributed by atoms with Crippen LogP contribution in [0, 0.1) is 11.7 Å². The number of nitrogens with zero attached hydrogens (tertiary/aromatic N) is 1. The standard InChI is InChI=1S/C16H24BrFN2/c1-11(2)7-8-20(13-4-5-13)16(10-19)14-6-3-12(17)9-15(14)18/h3,6,9,11,13,16H,4-5,7-8,10,19H2,1-2H3. The van der Waals surface area contributed by atoms with E-state index in [0.29, 0.717) is 18.5 Å². The summed E-state index contributed by atoms with van der Waals surface area (Å²) in [5.74, 6) is 0.495. The summed E-state index contributed by atoms with van der Waals surface area (Å²) in [5, 5.41) is 0. The molecule has 2 rings (SSSR count). The molecule has 0 saturated heterocycles. The zero-order chi connectivity index (χ0) is 14.7. The first-order chi connectivity index (χ1) is 9.52. The molecule has 0 aromatic heterocycles. The minimum atomic E-state index is -0.162. The Balaban J connectivity index is 2.18. The van der Waals surface area contributed by atoms with Crippen molar-refractivity contribution in [2.75, 3.05) is 13.1 Å². The van der Waals surface area contributed by atoms with Gasteiger partial charge in [-0.25, -0.2) is 4.39 Å². The maximum absolute atomic E-state index is 14.2. The van der Waals surface area contributed by atoms with Crippen molar-refractivity contribution in [3.05, 3.63) is 34.1 Å². The van der Waals surface area contributed by atoms with Crippen LogP contribution in [0.4, 0.5) is 4.39 Å².